The number of nitrogens with zero attached hydrogens (tertiary/aromatic N) is 3. The molecular formula is C19H28ClN5O3. The van der Waals surface area contributed by atoms with E-state index < -0.39 is 5.60 Å². The fourth-order valence-corrected chi connectivity index (χ4v) is 3.11. The van der Waals surface area contributed by atoms with Crippen LogP contribution in [0.15, 0.2) is 12.3 Å². The van der Waals surface area contributed by atoms with Crippen LogP contribution in [-0.2, 0) is 11.3 Å². The van der Waals surface area contributed by atoms with E-state index in [1.807, 2.05) is 26.8 Å². The lowest BCUT2D eigenvalue weighted by Gasteiger charge is -2.35. The topological polar surface area (TPSA) is 86.8 Å². The monoisotopic (exact) mass is 409 g/mol. The second-order valence-electron chi connectivity index (χ2n) is 8.28. The number of hydrogen-bond donors (Lipinski definition) is 2. The molecule has 1 aromatic rings. The minimum atomic E-state index is -0.498. The van der Waals surface area contributed by atoms with Crippen molar-refractivity contribution in [2.24, 2.45) is 0 Å². The summed E-state index contributed by atoms with van der Waals surface area (Å²) in [5, 5.41) is 6.23. The molecule has 2 heterocycles. The van der Waals surface area contributed by atoms with Gasteiger partial charge in [0.15, 0.2) is 0 Å². The zero-order valence-electron chi connectivity index (χ0n) is 16.6. The second kappa shape index (κ2) is 8.53. The third-order valence-electron chi connectivity index (χ3n) is 4.50. The highest BCUT2D eigenvalue weighted by Gasteiger charge is 2.27. The van der Waals surface area contributed by atoms with E-state index in [1.54, 1.807) is 4.90 Å². The van der Waals surface area contributed by atoms with Gasteiger partial charge in [0.1, 0.15) is 11.4 Å². The van der Waals surface area contributed by atoms with E-state index in [-0.39, 0.29) is 18.2 Å². The Morgan fingerprint density at radius 1 is 1.25 bits per heavy atom. The van der Waals surface area contributed by atoms with Crippen molar-refractivity contribution < 1.29 is 14.3 Å². The molecule has 2 N–H and O–H groups in total. The molecule has 154 valence electrons. The third kappa shape index (κ3) is 6.24. The fraction of sp³-hybridized carbons (Fsp3) is 0.632. The van der Waals surface area contributed by atoms with Crippen LogP contribution in [0.3, 0.4) is 0 Å². The number of hydrogen-bond acceptors (Lipinski definition) is 5. The lowest BCUT2D eigenvalue weighted by atomic mass is 10.2. The van der Waals surface area contributed by atoms with Gasteiger partial charge in [-0.2, -0.15) is 0 Å². The molecule has 1 aromatic heterocycles. The first-order valence-corrected chi connectivity index (χ1v) is 9.99. The van der Waals surface area contributed by atoms with E-state index in [2.05, 4.69) is 20.5 Å². The van der Waals surface area contributed by atoms with Gasteiger partial charge in [0, 0.05) is 50.5 Å². The van der Waals surface area contributed by atoms with Crippen LogP contribution in [0.2, 0.25) is 5.02 Å². The maximum atomic E-state index is 12.2. The summed E-state index contributed by atoms with van der Waals surface area (Å²) < 4.78 is 5.43. The summed E-state index contributed by atoms with van der Waals surface area (Å²) in [6, 6.07) is 1.85. The Morgan fingerprint density at radius 2 is 1.93 bits per heavy atom. The zero-order chi connectivity index (χ0) is 20.3. The maximum absolute atomic E-state index is 12.2. The van der Waals surface area contributed by atoms with Crippen molar-refractivity contribution in [1.82, 2.24) is 20.1 Å². The molecule has 3 amide bonds. The highest BCUT2D eigenvalue weighted by Crippen LogP contribution is 2.22. The molecule has 1 saturated carbocycles. The van der Waals surface area contributed by atoms with E-state index in [1.165, 1.54) is 6.20 Å². The van der Waals surface area contributed by atoms with E-state index in [0.29, 0.717) is 43.6 Å². The standard InChI is InChI=1S/C19H28ClN5O3/c1-19(2,3)28-18(27)25-8-6-24(7-9-25)12-13-10-14(20)11-21-16(13)23-17(26)22-15-4-5-15/h10-11,15H,4-9,12H2,1-3H3,(H2,21,22,23,26). The van der Waals surface area contributed by atoms with E-state index in [9.17, 15) is 9.59 Å². The van der Waals surface area contributed by atoms with Crippen LogP contribution in [0.25, 0.3) is 0 Å². The normalized spacial score (nSPS) is 17.9. The molecule has 1 aliphatic carbocycles. The third-order valence-corrected chi connectivity index (χ3v) is 4.70. The van der Waals surface area contributed by atoms with Gasteiger partial charge in [0.2, 0.25) is 0 Å². The van der Waals surface area contributed by atoms with E-state index >= 15 is 0 Å². The van der Waals surface area contributed by atoms with Gasteiger partial charge in [0.05, 0.1) is 5.02 Å². The number of amides is 3. The summed E-state index contributed by atoms with van der Waals surface area (Å²) in [5.41, 5.74) is 0.353. The number of pyridine rings is 1. The Balaban J connectivity index is 1.56. The van der Waals surface area contributed by atoms with Crippen molar-refractivity contribution in [3.8, 4) is 0 Å². The summed E-state index contributed by atoms with van der Waals surface area (Å²) in [6.07, 6.45) is 3.29. The first kappa shape index (κ1) is 20.7. The number of carbonyl (C=O) groups excluding carboxylic acids is 2. The van der Waals surface area contributed by atoms with E-state index in [0.717, 1.165) is 18.4 Å². The number of piperazine rings is 1. The van der Waals surface area contributed by atoms with Crippen molar-refractivity contribution in [3.05, 3.63) is 22.8 Å². The van der Waals surface area contributed by atoms with Gasteiger partial charge in [0.25, 0.3) is 0 Å². The number of anilines is 1. The zero-order valence-corrected chi connectivity index (χ0v) is 17.4. The van der Waals surface area contributed by atoms with Crippen LogP contribution < -0.4 is 10.6 Å². The summed E-state index contributed by atoms with van der Waals surface area (Å²) in [6.45, 7) is 8.78. The first-order valence-electron chi connectivity index (χ1n) is 9.62. The minimum Gasteiger partial charge on any atom is -0.444 e. The van der Waals surface area contributed by atoms with Gasteiger partial charge in [-0.15, -0.1) is 0 Å². The number of halogens is 1. The highest BCUT2D eigenvalue weighted by atomic mass is 35.5. The molecule has 0 radical (unpaired) electrons. The van der Waals surface area contributed by atoms with Crippen LogP contribution in [-0.4, -0.2) is 64.7 Å². The number of ether oxygens (including phenoxy) is 1. The smallest absolute Gasteiger partial charge is 0.410 e. The Kier molecular flexibility index (Phi) is 6.30. The molecule has 1 saturated heterocycles. The second-order valence-corrected chi connectivity index (χ2v) is 8.71. The summed E-state index contributed by atoms with van der Waals surface area (Å²) in [5.74, 6) is 0.511. The Bertz CT molecular complexity index is 725. The molecule has 2 fully saturated rings. The van der Waals surface area contributed by atoms with Gasteiger partial charge in [-0.3, -0.25) is 10.2 Å². The number of carbonyl (C=O) groups is 2. The van der Waals surface area contributed by atoms with Crippen molar-refractivity contribution in [3.63, 3.8) is 0 Å². The summed E-state index contributed by atoms with van der Waals surface area (Å²) >= 11 is 6.11. The molecule has 0 spiro atoms. The van der Waals surface area contributed by atoms with Crippen molar-refractivity contribution >= 4 is 29.5 Å². The maximum Gasteiger partial charge on any atom is 0.410 e. The van der Waals surface area contributed by atoms with Gasteiger partial charge >= 0.3 is 12.1 Å². The molecule has 0 unspecified atom stereocenters. The van der Waals surface area contributed by atoms with Crippen LogP contribution in [0.4, 0.5) is 15.4 Å². The van der Waals surface area contributed by atoms with Gasteiger partial charge in [-0.05, 0) is 39.7 Å². The Hall–Kier alpha value is -2.06. The lowest BCUT2D eigenvalue weighted by Crippen LogP contribution is -2.49. The summed E-state index contributed by atoms with van der Waals surface area (Å²) in [4.78, 5) is 32.5. The highest BCUT2D eigenvalue weighted by molar-refractivity contribution is 6.30. The van der Waals surface area contributed by atoms with Crippen LogP contribution in [0.1, 0.15) is 39.2 Å². The van der Waals surface area contributed by atoms with Gasteiger partial charge < -0.3 is 15.0 Å². The van der Waals surface area contributed by atoms with Gasteiger partial charge in [-0.1, -0.05) is 11.6 Å². The average molecular weight is 410 g/mol. The number of aromatic nitrogens is 1. The van der Waals surface area contributed by atoms with Crippen molar-refractivity contribution in [2.45, 2.75) is 51.8 Å². The van der Waals surface area contributed by atoms with Crippen LogP contribution in [0, 0.1) is 0 Å². The minimum absolute atomic E-state index is 0.242. The van der Waals surface area contributed by atoms with Crippen LogP contribution in [0.5, 0.6) is 0 Å². The van der Waals surface area contributed by atoms with Crippen molar-refractivity contribution in [2.75, 3.05) is 31.5 Å². The molecule has 28 heavy (non-hydrogen) atoms. The first-order chi connectivity index (χ1) is 13.2. The largest absolute Gasteiger partial charge is 0.444 e. The Labute approximate surface area is 170 Å². The number of urea groups is 1. The SMILES string of the molecule is CC(C)(C)OC(=O)N1CCN(Cc2cc(Cl)cnc2NC(=O)NC2CC2)CC1. The molecule has 3 rings (SSSR count). The average Bonchev–Trinajstić information content (AvgIpc) is 3.40. The molecule has 2 aliphatic rings. The quantitative estimate of drug-likeness (QED) is 0.798. The molecule has 0 atom stereocenters. The predicted octanol–water partition coefficient (Wildman–Crippen LogP) is 3.07. The predicted molar refractivity (Wildman–Crippen MR) is 108 cm³/mol. The molecule has 1 aliphatic heterocycles. The number of nitrogens with one attached hydrogen (secondary N) is 2. The van der Waals surface area contributed by atoms with Crippen LogP contribution >= 0.6 is 11.6 Å². The molecule has 0 bridgehead atoms. The summed E-state index contributed by atoms with van der Waals surface area (Å²) in [7, 11) is 0. The van der Waals surface area contributed by atoms with Gasteiger partial charge in [-0.25, -0.2) is 14.6 Å². The molecule has 0 aromatic carbocycles. The van der Waals surface area contributed by atoms with Crippen molar-refractivity contribution in [1.29, 1.82) is 0 Å². The molecular weight excluding hydrogens is 382 g/mol. The molecule has 8 nitrogen and oxygen atoms in total. The fourth-order valence-electron chi connectivity index (χ4n) is 2.93. The Morgan fingerprint density at radius 3 is 2.54 bits per heavy atom. The molecule has 9 heteroatoms. The number of rotatable bonds is 4. The lowest BCUT2D eigenvalue weighted by molar-refractivity contribution is 0.0139. The van der Waals surface area contributed by atoms with E-state index in [4.69, 9.17) is 16.3 Å².